The summed E-state index contributed by atoms with van der Waals surface area (Å²) in [5.41, 5.74) is 4.00. The predicted octanol–water partition coefficient (Wildman–Crippen LogP) is 3.50. The molecule has 24 heavy (non-hydrogen) atoms. The summed E-state index contributed by atoms with van der Waals surface area (Å²) in [4.78, 5) is 5.64. The highest BCUT2D eigenvalue weighted by Crippen LogP contribution is 2.36. The van der Waals surface area contributed by atoms with Gasteiger partial charge in [0.05, 0.1) is 18.9 Å². The normalized spacial score (nSPS) is 22.8. The van der Waals surface area contributed by atoms with Crippen LogP contribution in [-0.2, 0) is 9.57 Å². The Morgan fingerprint density at radius 3 is 2.92 bits per heavy atom. The number of hydrogen-bond donors (Lipinski definition) is 1. The molecule has 2 aliphatic heterocycles. The van der Waals surface area contributed by atoms with Crippen molar-refractivity contribution in [3.63, 3.8) is 0 Å². The molecule has 0 aromatic heterocycles. The van der Waals surface area contributed by atoms with E-state index in [0.717, 1.165) is 30.5 Å². The first kappa shape index (κ1) is 17.0. The minimum absolute atomic E-state index is 0.0308. The van der Waals surface area contributed by atoms with Crippen molar-refractivity contribution in [1.29, 1.82) is 0 Å². The van der Waals surface area contributed by atoms with Crippen LogP contribution < -0.4 is 15.0 Å². The zero-order chi connectivity index (χ0) is 17.0. The van der Waals surface area contributed by atoms with Crippen LogP contribution in [0.5, 0.6) is 11.5 Å². The topological polar surface area (TPSA) is 49.0 Å². The smallest absolute Gasteiger partial charge is 0.387 e. The first-order chi connectivity index (χ1) is 11.6. The van der Waals surface area contributed by atoms with E-state index in [1.807, 2.05) is 13.0 Å². The molecule has 1 spiro atoms. The van der Waals surface area contributed by atoms with Gasteiger partial charge in [-0.25, -0.2) is 0 Å². The molecule has 1 unspecified atom stereocenters. The van der Waals surface area contributed by atoms with E-state index in [9.17, 15) is 8.78 Å². The van der Waals surface area contributed by atoms with Crippen molar-refractivity contribution in [3.05, 3.63) is 29.8 Å². The lowest BCUT2D eigenvalue weighted by Crippen LogP contribution is -2.29. The van der Waals surface area contributed by atoms with E-state index in [1.54, 1.807) is 12.1 Å². The molecular formula is C17H21F2NO4. The van der Waals surface area contributed by atoms with Gasteiger partial charge in [0, 0.05) is 18.6 Å². The van der Waals surface area contributed by atoms with Crippen LogP contribution in [0.25, 0.3) is 5.70 Å². The fourth-order valence-electron chi connectivity index (χ4n) is 2.69. The van der Waals surface area contributed by atoms with Crippen LogP contribution in [0.15, 0.2) is 24.3 Å². The highest BCUT2D eigenvalue weighted by molar-refractivity contribution is 5.68. The number of hydroxylamine groups is 1. The largest absolute Gasteiger partial charge is 0.490 e. The lowest BCUT2D eigenvalue weighted by Gasteiger charge is -2.15. The van der Waals surface area contributed by atoms with Gasteiger partial charge in [-0.05, 0) is 30.7 Å². The second kappa shape index (κ2) is 7.36. The second-order valence-electron chi connectivity index (χ2n) is 5.87. The first-order valence-corrected chi connectivity index (χ1v) is 8.08. The minimum atomic E-state index is -2.89. The molecule has 5 nitrogen and oxygen atoms in total. The number of ether oxygens (including phenoxy) is 3. The number of halogens is 2. The molecule has 1 N–H and O–H groups in total. The van der Waals surface area contributed by atoms with Gasteiger partial charge in [0.2, 0.25) is 0 Å². The van der Waals surface area contributed by atoms with Crippen molar-refractivity contribution >= 4 is 5.70 Å². The van der Waals surface area contributed by atoms with Gasteiger partial charge < -0.3 is 14.2 Å². The third-order valence-corrected chi connectivity index (χ3v) is 4.01. The average Bonchev–Trinajstić information content (AvgIpc) is 3.19. The molecule has 1 aromatic carbocycles. The summed E-state index contributed by atoms with van der Waals surface area (Å²) in [5.74, 6) is 0.329. The maximum Gasteiger partial charge on any atom is 0.387 e. The molecule has 0 amide bonds. The summed E-state index contributed by atoms with van der Waals surface area (Å²) in [5, 5.41) is 0. The van der Waals surface area contributed by atoms with Crippen molar-refractivity contribution in [2.75, 3.05) is 19.8 Å². The molecule has 1 atom stereocenters. The van der Waals surface area contributed by atoms with E-state index in [2.05, 4.69) is 10.2 Å². The molecular weight excluding hydrogens is 320 g/mol. The van der Waals surface area contributed by atoms with Crippen LogP contribution in [0.3, 0.4) is 0 Å². The van der Waals surface area contributed by atoms with Gasteiger partial charge in [0.1, 0.15) is 5.60 Å². The number of benzene rings is 1. The number of hydrogen-bond acceptors (Lipinski definition) is 5. The van der Waals surface area contributed by atoms with Crippen molar-refractivity contribution < 1.29 is 27.8 Å². The Balaban J connectivity index is 1.82. The van der Waals surface area contributed by atoms with Crippen molar-refractivity contribution in [1.82, 2.24) is 5.48 Å². The van der Waals surface area contributed by atoms with Gasteiger partial charge in [-0.15, -0.1) is 0 Å². The van der Waals surface area contributed by atoms with Crippen LogP contribution in [0, 0.1) is 0 Å². The van der Waals surface area contributed by atoms with E-state index >= 15 is 0 Å². The molecule has 2 heterocycles. The summed E-state index contributed by atoms with van der Waals surface area (Å²) in [7, 11) is 0. The number of unbranched alkanes of at least 4 members (excludes halogenated alkanes) is 1. The molecule has 0 aliphatic carbocycles. The summed E-state index contributed by atoms with van der Waals surface area (Å²) in [6, 6.07) is 4.87. The van der Waals surface area contributed by atoms with E-state index in [0.29, 0.717) is 25.6 Å². The Hall–Kier alpha value is -1.86. The van der Waals surface area contributed by atoms with Gasteiger partial charge in [-0.1, -0.05) is 13.3 Å². The highest BCUT2D eigenvalue weighted by Gasteiger charge is 2.39. The summed E-state index contributed by atoms with van der Waals surface area (Å²) >= 11 is 0. The number of nitrogens with one attached hydrogen (secondary N) is 1. The molecule has 7 heteroatoms. The fourth-order valence-corrected chi connectivity index (χ4v) is 2.69. The van der Waals surface area contributed by atoms with Gasteiger partial charge in [-0.3, -0.25) is 10.3 Å². The van der Waals surface area contributed by atoms with Gasteiger partial charge >= 0.3 is 6.61 Å². The molecule has 1 aromatic rings. The monoisotopic (exact) mass is 341 g/mol. The zero-order valence-electron chi connectivity index (χ0n) is 13.5. The Morgan fingerprint density at radius 1 is 1.33 bits per heavy atom. The zero-order valence-corrected chi connectivity index (χ0v) is 13.5. The van der Waals surface area contributed by atoms with Crippen LogP contribution in [0.1, 0.15) is 31.7 Å². The third kappa shape index (κ3) is 3.79. The molecule has 132 valence electrons. The summed E-state index contributed by atoms with van der Waals surface area (Å²) in [6.07, 6.45) is 4.53. The molecule has 2 aliphatic rings. The number of rotatable bonds is 7. The van der Waals surface area contributed by atoms with Crippen LogP contribution in [-0.4, -0.2) is 32.0 Å². The Labute approximate surface area is 139 Å². The molecule has 0 radical (unpaired) electrons. The van der Waals surface area contributed by atoms with Gasteiger partial charge in [-0.2, -0.15) is 8.78 Å². The van der Waals surface area contributed by atoms with Crippen LogP contribution in [0.4, 0.5) is 8.78 Å². The van der Waals surface area contributed by atoms with Crippen LogP contribution >= 0.6 is 0 Å². The van der Waals surface area contributed by atoms with Gasteiger partial charge in [0.25, 0.3) is 0 Å². The van der Waals surface area contributed by atoms with Crippen LogP contribution in [0.2, 0.25) is 0 Å². The third-order valence-electron chi connectivity index (χ3n) is 4.01. The molecule has 1 saturated heterocycles. The van der Waals surface area contributed by atoms with Gasteiger partial charge in [0.15, 0.2) is 11.5 Å². The van der Waals surface area contributed by atoms with E-state index in [1.165, 1.54) is 6.07 Å². The average molecular weight is 341 g/mol. The minimum Gasteiger partial charge on any atom is -0.490 e. The van der Waals surface area contributed by atoms with E-state index in [4.69, 9.17) is 14.3 Å². The summed E-state index contributed by atoms with van der Waals surface area (Å²) in [6.45, 7) is 0.730. The van der Waals surface area contributed by atoms with Crippen molar-refractivity contribution in [2.45, 2.75) is 38.4 Å². The Kier molecular flexibility index (Phi) is 5.20. The lowest BCUT2D eigenvalue weighted by molar-refractivity contribution is -0.0515. The quantitative estimate of drug-likeness (QED) is 0.769. The Morgan fingerprint density at radius 2 is 2.21 bits per heavy atom. The molecule has 0 saturated carbocycles. The Bertz CT molecular complexity index is 600. The van der Waals surface area contributed by atoms with Crippen molar-refractivity contribution in [3.8, 4) is 11.5 Å². The maximum absolute atomic E-state index is 12.6. The molecule has 0 bridgehead atoms. The molecule has 1 fully saturated rings. The second-order valence-corrected chi connectivity index (χ2v) is 5.87. The lowest BCUT2D eigenvalue weighted by atomic mass is 10.0. The SMILES string of the molecule is CCCCOc1cc(C2=CC3(CCOC3)ON2)ccc1OC(F)F. The van der Waals surface area contributed by atoms with Crippen molar-refractivity contribution in [2.24, 2.45) is 0 Å². The first-order valence-electron chi connectivity index (χ1n) is 8.08. The maximum atomic E-state index is 12.6. The highest BCUT2D eigenvalue weighted by atomic mass is 19.3. The van der Waals surface area contributed by atoms with E-state index in [-0.39, 0.29) is 5.75 Å². The van der Waals surface area contributed by atoms with E-state index < -0.39 is 12.2 Å². The predicted molar refractivity (Wildman–Crippen MR) is 83.8 cm³/mol. The standard InChI is InChI=1S/C17H21F2NO4/c1-2-3-7-22-15-9-12(4-5-14(15)23-16(18)19)13-10-17(24-20-13)6-8-21-11-17/h4-5,9-10,16,20H,2-3,6-8,11H2,1H3. The summed E-state index contributed by atoms with van der Waals surface area (Å²) < 4.78 is 40.6. The number of alkyl halides is 2. The fraction of sp³-hybridized carbons (Fsp3) is 0.529. The molecule has 3 rings (SSSR count).